The van der Waals surface area contributed by atoms with Crippen molar-refractivity contribution in [2.45, 2.75) is 0 Å². The minimum Gasteiger partial charge on any atom is -0.370 e. The SMILES string of the molecule is CN(C)C(=O)COCCN.Cl. The molecule has 0 aromatic rings. The highest BCUT2D eigenvalue weighted by molar-refractivity contribution is 5.85. The minimum absolute atomic E-state index is 0. The number of nitrogens with two attached hydrogens (primary N) is 1. The van der Waals surface area contributed by atoms with Crippen LogP contribution in [-0.2, 0) is 9.53 Å². The summed E-state index contributed by atoms with van der Waals surface area (Å²) in [6.07, 6.45) is 0. The Morgan fingerprint density at radius 3 is 2.45 bits per heavy atom. The van der Waals surface area contributed by atoms with Crippen molar-refractivity contribution in [2.24, 2.45) is 5.73 Å². The van der Waals surface area contributed by atoms with Crippen LogP contribution < -0.4 is 5.73 Å². The van der Waals surface area contributed by atoms with Gasteiger partial charge in [0.1, 0.15) is 6.61 Å². The zero-order valence-electron chi connectivity index (χ0n) is 6.87. The number of carbonyl (C=O) groups excluding carboxylic acids is 1. The van der Waals surface area contributed by atoms with E-state index in [0.29, 0.717) is 13.2 Å². The first kappa shape index (κ1) is 13.3. The lowest BCUT2D eigenvalue weighted by Crippen LogP contribution is -2.27. The molecule has 0 atom stereocenters. The fourth-order valence-electron chi connectivity index (χ4n) is 0.372. The van der Waals surface area contributed by atoms with Crippen LogP contribution in [-0.4, -0.2) is 44.7 Å². The summed E-state index contributed by atoms with van der Waals surface area (Å²) in [6.45, 7) is 1.03. The second-order valence-electron chi connectivity index (χ2n) is 2.13. The molecule has 0 fully saturated rings. The van der Waals surface area contributed by atoms with Gasteiger partial charge in [0.05, 0.1) is 6.61 Å². The number of nitrogens with zero attached hydrogens (tertiary/aromatic N) is 1. The Morgan fingerprint density at radius 2 is 2.09 bits per heavy atom. The normalized spacial score (nSPS) is 8.64. The number of halogens is 1. The Kier molecular flexibility index (Phi) is 9.40. The first-order chi connectivity index (χ1) is 4.68. The molecule has 0 spiro atoms. The van der Waals surface area contributed by atoms with Crippen molar-refractivity contribution in [3.63, 3.8) is 0 Å². The van der Waals surface area contributed by atoms with Crippen molar-refractivity contribution in [2.75, 3.05) is 33.9 Å². The van der Waals surface area contributed by atoms with E-state index in [9.17, 15) is 4.79 Å². The van der Waals surface area contributed by atoms with E-state index in [2.05, 4.69) is 0 Å². The number of amides is 1. The van der Waals surface area contributed by atoms with Crippen LogP contribution in [0, 0.1) is 0 Å². The molecule has 11 heavy (non-hydrogen) atoms. The van der Waals surface area contributed by atoms with Crippen molar-refractivity contribution in [1.82, 2.24) is 4.90 Å². The van der Waals surface area contributed by atoms with Crippen molar-refractivity contribution in [3.8, 4) is 0 Å². The molecule has 0 heterocycles. The van der Waals surface area contributed by atoms with Crippen LogP contribution >= 0.6 is 12.4 Å². The molecule has 0 saturated heterocycles. The van der Waals surface area contributed by atoms with Gasteiger partial charge in [-0.05, 0) is 0 Å². The maximum atomic E-state index is 10.8. The minimum atomic E-state index is -0.0338. The summed E-state index contributed by atoms with van der Waals surface area (Å²) in [7, 11) is 3.38. The summed E-state index contributed by atoms with van der Waals surface area (Å²) in [6, 6.07) is 0. The fourth-order valence-corrected chi connectivity index (χ4v) is 0.372. The third-order valence-corrected chi connectivity index (χ3v) is 0.987. The van der Waals surface area contributed by atoms with E-state index in [0.717, 1.165) is 0 Å². The fraction of sp³-hybridized carbons (Fsp3) is 0.833. The van der Waals surface area contributed by atoms with Crippen LogP contribution in [0.15, 0.2) is 0 Å². The smallest absolute Gasteiger partial charge is 0.248 e. The number of carbonyl (C=O) groups is 1. The molecule has 1 amide bonds. The van der Waals surface area contributed by atoms with E-state index in [1.807, 2.05) is 0 Å². The van der Waals surface area contributed by atoms with Crippen LogP contribution in [0.25, 0.3) is 0 Å². The summed E-state index contributed by atoms with van der Waals surface area (Å²) >= 11 is 0. The Labute approximate surface area is 73.1 Å². The van der Waals surface area contributed by atoms with E-state index < -0.39 is 0 Å². The number of ether oxygens (including phenoxy) is 1. The highest BCUT2D eigenvalue weighted by atomic mass is 35.5. The van der Waals surface area contributed by atoms with Gasteiger partial charge in [-0.1, -0.05) is 0 Å². The number of likely N-dealkylation sites (N-methyl/N-ethyl adjacent to an activating group) is 1. The number of hydrogen-bond acceptors (Lipinski definition) is 3. The van der Waals surface area contributed by atoms with Crippen LogP contribution in [0.1, 0.15) is 0 Å². The summed E-state index contributed by atoms with van der Waals surface area (Å²) in [5, 5.41) is 0. The third kappa shape index (κ3) is 7.58. The molecule has 0 aliphatic carbocycles. The van der Waals surface area contributed by atoms with Gasteiger partial charge in [-0.3, -0.25) is 4.79 Å². The lowest BCUT2D eigenvalue weighted by atomic mass is 10.6. The highest BCUT2D eigenvalue weighted by Gasteiger charge is 2.01. The van der Waals surface area contributed by atoms with Gasteiger partial charge in [-0.25, -0.2) is 0 Å². The largest absolute Gasteiger partial charge is 0.370 e. The predicted molar refractivity (Wildman–Crippen MR) is 45.8 cm³/mol. The Morgan fingerprint density at radius 1 is 1.55 bits per heavy atom. The third-order valence-electron chi connectivity index (χ3n) is 0.987. The molecule has 4 nitrogen and oxygen atoms in total. The molecular weight excluding hydrogens is 168 g/mol. The summed E-state index contributed by atoms with van der Waals surface area (Å²) in [5.74, 6) is -0.0338. The topological polar surface area (TPSA) is 55.6 Å². The first-order valence-electron chi connectivity index (χ1n) is 3.16. The second kappa shape index (κ2) is 7.78. The van der Waals surface area contributed by atoms with E-state index in [4.69, 9.17) is 10.5 Å². The van der Waals surface area contributed by atoms with Gasteiger partial charge in [-0.15, -0.1) is 12.4 Å². The van der Waals surface area contributed by atoms with E-state index in [-0.39, 0.29) is 24.9 Å². The molecule has 0 unspecified atom stereocenters. The van der Waals surface area contributed by atoms with Gasteiger partial charge < -0.3 is 15.4 Å². The lowest BCUT2D eigenvalue weighted by molar-refractivity contribution is -0.133. The summed E-state index contributed by atoms with van der Waals surface area (Å²) in [5.41, 5.74) is 5.14. The molecule has 5 heteroatoms. The van der Waals surface area contributed by atoms with Gasteiger partial charge >= 0.3 is 0 Å². The van der Waals surface area contributed by atoms with Gasteiger partial charge in [0.25, 0.3) is 0 Å². The van der Waals surface area contributed by atoms with Crippen LogP contribution in [0.2, 0.25) is 0 Å². The van der Waals surface area contributed by atoms with Crippen molar-refractivity contribution >= 4 is 18.3 Å². The Bertz CT molecular complexity index is 109. The number of hydrogen-bond donors (Lipinski definition) is 1. The van der Waals surface area contributed by atoms with Crippen LogP contribution in [0.3, 0.4) is 0 Å². The molecule has 0 aliphatic heterocycles. The Balaban J connectivity index is 0. The van der Waals surface area contributed by atoms with Gasteiger partial charge in [0, 0.05) is 20.6 Å². The standard InChI is InChI=1S/C6H14N2O2.ClH/c1-8(2)6(9)5-10-4-3-7;/h3-5,7H2,1-2H3;1H. The lowest BCUT2D eigenvalue weighted by Gasteiger charge is -2.09. The van der Waals surface area contributed by atoms with Gasteiger partial charge in [0.2, 0.25) is 5.91 Å². The molecule has 0 saturated carbocycles. The molecule has 0 rings (SSSR count). The summed E-state index contributed by atoms with van der Waals surface area (Å²) in [4.78, 5) is 12.3. The van der Waals surface area contributed by atoms with Crippen molar-refractivity contribution in [3.05, 3.63) is 0 Å². The van der Waals surface area contributed by atoms with Crippen LogP contribution in [0.5, 0.6) is 0 Å². The predicted octanol–water partition coefficient (Wildman–Crippen LogP) is -0.528. The molecule has 0 aromatic heterocycles. The maximum absolute atomic E-state index is 10.8. The monoisotopic (exact) mass is 182 g/mol. The molecular formula is C6H15ClN2O2. The van der Waals surface area contributed by atoms with Crippen LogP contribution in [0.4, 0.5) is 0 Å². The molecule has 0 aliphatic rings. The second-order valence-corrected chi connectivity index (χ2v) is 2.13. The highest BCUT2D eigenvalue weighted by Crippen LogP contribution is 1.79. The van der Waals surface area contributed by atoms with Crippen molar-refractivity contribution < 1.29 is 9.53 Å². The van der Waals surface area contributed by atoms with E-state index in [1.54, 1.807) is 14.1 Å². The molecule has 0 aromatic carbocycles. The van der Waals surface area contributed by atoms with E-state index in [1.165, 1.54) is 4.90 Å². The van der Waals surface area contributed by atoms with Gasteiger partial charge in [-0.2, -0.15) is 0 Å². The summed E-state index contributed by atoms with van der Waals surface area (Å²) < 4.78 is 4.89. The Hall–Kier alpha value is -0.320. The average molecular weight is 183 g/mol. The molecule has 68 valence electrons. The molecule has 2 N–H and O–H groups in total. The van der Waals surface area contributed by atoms with Gasteiger partial charge in [0.15, 0.2) is 0 Å². The van der Waals surface area contributed by atoms with Crippen molar-refractivity contribution in [1.29, 1.82) is 0 Å². The average Bonchev–Trinajstić information content (AvgIpc) is 1.88. The zero-order chi connectivity index (χ0) is 7.98. The quantitative estimate of drug-likeness (QED) is 0.595. The van der Waals surface area contributed by atoms with E-state index >= 15 is 0 Å². The number of rotatable bonds is 4. The first-order valence-corrected chi connectivity index (χ1v) is 3.16. The molecule has 0 bridgehead atoms. The molecule has 0 radical (unpaired) electrons. The maximum Gasteiger partial charge on any atom is 0.248 e. The zero-order valence-corrected chi connectivity index (χ0v) is 7.69.